The number of anilines is 2. The predicted octanol–water partition coefficient (Wildman–Crippen LogP) is 3.27. The van der Waals surface area contributed by atoms with E-state index in [4.69, 9.17) is 21.1 Å². The second-order valence-electron chi connectivity index (χ2n) is 6.30. The molecule has 0 fully saturated rings. The maximum absolute atomic E-state index is 12.8. The molecule has 0 bridgehead atoms. The Bertz CT molecular complexity index is 931. The van der Waals surface area contributed by atoms with E-state index >= 15 is 0 Å². The minimum absolute atomic E-state index is 0.129. The zero-order valence-corrected chi connectivity index (χ0v) is 16.2. The summed E-state index contributed by atoms with van der Waals surface area (Å²) in [6.45, 7) is 1.28. The van der Waals surface area contributed by atoms with Crippen LogP contribution in [0, 0.1) is 0 Å². The van der Waals surface area contributed by atoms with Crippen molar-refractivity contribution in [3.05, 3.63) is 53.1 Å². The van der Waals surface area contributed by atoms with E-state index in [-0.39, 0.29) is 17.9 Å². The van der Waals surface area contributed by atoms with Gasteiger partial charge in [0.15, 0.2) is 6.61 Å². The summed E-state index contributed by atoms with van der Waals surface area (Å²) in [5, 5.41) is 3.12. The molecule has 0 saturated heterocycles. The molecular weight excluding hydrogens is 384 g/mol. The fraction of sp³-hybridized carbons (Fsp3) is 0.250. The number of hydrogen-bond donors (Lipinski definition) is 1. The number of methoxy groups -OCH3 is 1. The minimum Gasteiger partial charge on any atom is -0.496 e. The van der Waals surface area contributed by atoms with Crippen LogP contribution in [0.1, 0.15) is 23.7 Å². The first kappa shape index (κ1) is 19.7. The first-order chi connectivity index (χ1) is 13.4. The molecule has 0 radical (unpaired) electrons. The quantitative estimate of drug-likeness (QED) is 0.793. The monoisotopic (exact) mass is 402 g/mol. The Labute approximate surface area is 167 Å². The topological polar surface area (TPSA) is 84.9 Å². The lowest BCUT2D eigenvalue weighted by atomic mass is 10.1. The van der Waals surface area contributed by atoms with Gasteiger partial charge in [-0.3, -0.25) is 9.59 Å². The fourth-order valence-electron chi connectivity index (χ4n) is 3.08. The number of fused-ring (bicyclic) bond motifs is 1. The van der Waals surface area contributed by atoms with Crippen molar-refractivity contribution >= 4 is 40.8 Å². The van der Waals surface area contributed by atoms with Gasteiger partial charge in [-0.05, 0) is 37.3 Å². The van der Waals surface area contributed by atoms with E-state index in [2.05, 4.69) is 5.32 Å². The molecule has 0 saturated carbocycles. The zero-order valence-electron chi connectivity index (χ0n) is 15.4. The Morgan fingerprint density at radius 2 is 2.00 bits per heavy atom. The lowest BCUT2D eigenvalue weighted by Crippen LogP contribution is -2.41. The number of carbonyl (C=O) groups is 3. The molecule has 28 heavy (non-hydrogen) atoms. The summed E-state index contributed by atoms with van der Waals surface area (Å²) >= 11 is 5.93. The van der Waals surface area contributed by atoms with Gasteiger partial charge in [0.2, 0.25) is 5.91 Å². The largest absolute Gasteiger partial charge is 0.496 e. The number of para-hydroxylation sites is 2. The van der Waals surface area contributed by atoms with Crippen LogP contribution in [0.5, 0.6) is 5.75 Å². The summed E-state index contributed by atoms with van der Waals surface area (Å²) < 4.78 is 10.3. The number of benzene rings is 2. The molecule has 1 atom stereocenters. The van der Waals surface area contributed by atoms with E-state index in [0.717, 1.165) is 0 Å². The molecule has 3 rings (SSSR count). The number of rotatable bonds is 4. The van der Waals surface area contributed by atoms with E-state index in [0.29, 0.717) is 22.1 Å². The third-order valence-electron chi connectivity index (χ3n) is 4.34. The molecule has 8 heteroatoms. The number of amides is 2. The van der Waals surface area contributed by atoms with E-state index < -0.39 is 24.5 Å². The highest BCUT2D eigenvalue weighted by Gasteiger charge is 2.30. The number of nitrogens with one attached hydrogen (secondary N) is 1. The number of nitrogens with zero attached hydrogens (tertiary/aromatic N) is 1. The SMILES string of the molecule is COc1ccc(Cl)cc1C(=O)OCC(=O)N1c2ccccc2NC(=O)C[C@H]1C. The van der Waals surface area contributed by atoms with E-state index in [1.165, 1.54) is 18.1 Å². The molecule has 2 aromatic carbocycles. The average Bonchev–Trinajstić information content (AvgIpc) is 2.80. The van der Waals surface area contributed by atoms with Gasteiger partial charge in [-0.2, -0.15) is 0 Å². The summed E-state index contributed by atoms with van der Waals surface area (Å²) in [5.74, 6) is -1.05. The van der Waals surface area contributed by atoms with Crippen LogP contribution in [-0.4, -0.2) is 37.5 Å². The van der Waals surface area contributed by atoms with Crippen molar-refractivity contribution in [1.29, 1.82) is 0 Å². The standard InChI is InChI=1S/C20H19ClN2O5/c1-12-9-18(24)22-15-5-3-4-6-16(15)23(12)19(25)11-28-20(26)14-10-13(21)7-8-17(14)27-2/h3-8,10,12H,9,11H2,1-2H3,(H,22,24)/t12-/m1/s1. The van der Waals surface area contributed by atoms with Gasteiger partial charge in [-0.25, -0.2) is 4.79 Å². The summed E-state index contributed by atoms with van der Waals surface area (Å²) in [4.78, 5) is 38.7. The molecule has 1 aliphatic rings. The highest BCUT2D eigenvalue weighted by atomic mass is 35.5. The highest BCUT2D eigenvalue weighted by Crippen LogP contribution is 2.31. The van der Waals surface area contributed by atoms with Crippen LogP contribution >= 0.6 is 11.6 Å². The predicted molar refractivity (Wildman–Crippen MR) is 105 cm³/mol. The second kappa shape index (κ2) is 8.31. The Kier molecular flexibility index (Phi) is 5.84. The van der Waals surface area contributed by atoms with E-state index in [9.17, 15) is 14.4 Å². The summed E-state index contributed by atoms with van der Waals surface area (Å²) in [7, 11) is 1.42. The Balaban J connectivity index is 1.78. The number of carbonyl (C=O) groups excluding carboxylic acids is 3. The molecule has 1 heterocycles. The van der Waals surface area contributed by atoms with Crippen LogP contribution in [0.25, 0.3) is 0 Å². The van der Waals surface area contributed by atoms with Crippen molar-refractivity contribution < 1.29 is 23.9 Å². The lowest BCUT2D eigenvalue weighted by molar-refractivity contribution is -0.122. The normalized spacial score (nSPS) is 15.9. The van der Waals surface area contributed by atoms with Gasteiger partial charge in [-0.1, -0.05) is 23.7 Å². The van der Waals surface area contributed by atoms with Crippen LogP contribution in [0.3, 0.4) is 0 Å². The van der Waals surface area contributed by atoms with Gasteiger partial charge in [0.05, 0.1) is 18.5 Å². The van der Waals surface area contributed by atoms with Gasteiger partial charge < -0.3 is 19.7 Å². The molecule has 146 valence electrons. The molecule has 0 unspecified atom stereocenters. The third-order valence-corrected chi connectivity index (χ3v) is 4.57. The Hall–Kier alpha value is -3.06. The van der Waals surface area contributed by atoms with Crippen molar-refractivity contribution in [2.45, 2.75) is 19.4 Å². The lowest BCUT2D eigenvalue weighted by Gasteiger charge is -2.27. The van der Waals surface area contributed by atoms with Gasteiger partial charge in [-0.15, -0.1) is 0 Å². The molecule has 0 spiro atoms. The number of hydrogen-bond acceptors (Lipinski definition) is 5. The first-order valence-corrected chi connectivity index (χ1v) is 9.00. The minimum atomic E-state index is -0.724. The first-order valence-electron chi connectivity index (χ1n) is 8.62. The van der Waals surface area contributed by atoms with Crippen LogP contribution in [0.4, 0.5) is 11.4 Å². The number of halogens is 1. The second-order valence-corrected chi connectivity index (χ2v) is 6.74. The molecule has 7 nitrogen and oxygen atoms in total. The molecule has 1 N–H and O–H groups in total. The fourth-order valence-corrected chi connectivity index (χ4v) is 3.25. The average molecular weight is 403 g/mol. The van der Waals surface area contributed by atoms with Crippen molar-refractivity contribution in [3.63, 3.8) is 0 Å². The third kappa shape index (κ3) is 4.09. The Morgan fingerprint density at radius 3 is 2.75 bits per heavy atom. The van der Waals surface area contributed by atoms with E-state index in [1.807, 2.05) is 0 Å². The van der Waals surface area contributed by atoms with Gasteiger partial charge in [0, 0.05) is 17.5 Å². The van der Waals surface area contributed by atoms with Crippen molar-refractivity contribution in [2.75, 3.05) is 23.9 Å². The van der Waals surface area contributed by atoms with Crippen LogP contribution in [-0.2, 0) is 14.3 Å². The smallest absolute Gasteiger partial charge is 0.342 e. The van der Waals surface area contributed by atoms with Gasteiger partial charge in [0.25, 0.3) is 5.91 Å². The highest BCUT2D eigenvalue weighted by molar-refractivity contribution is 6.31. The number of ether oxygens (including phenoxy) is 2. The molecule has 0 aliphatic carbocycles. The molecule has 2 aromatic rings. The number of esters is 1. The molecule has 1 aliphatic heterocycles. The zero-order chi connectivity index (χ0) is 20.3. The maximum atomic E-state index is 12.8. The summed E-state index contributed by atoms with van der Waals surface area (Å²) in [6.07, 6.45) is 0.135. The summed E-state index contributed by atoms with van der Waals surface area (Å²) in [5.41, 5.74) is 1.22. The Morgan fingerprint density at radius 1 is 1.25 bits per heavy atom. The van der Waals surface area contributed by atoms with Crippen molar-refractivity contribution in [1.82, 2.24) is 0 Å². The summed E-state index contributed by atoms with van der Waals surface area (Å²) in [6, 6.07) is 11.1. The van der Waals surface area contributed by atoms with Gasteiger partial charge in [0.1, 0.15) is 11.3 Å². The van der Waals surface area contributed by atoms with Crippen LogP contribution in [0.15, 0.2) is 42.5 Å². The molecule has 0 aromatic heterocycles. The molecule has 2 amide bonds. The molecular formula is C20H19ClN2O5. The van der Waals surface area contributed by atoms with Crippen LogP contribution in [0.2, 0.25) is 5.02 Å². The van der Waals surface area contributed by atoms with Crippen LogP contribution < -0.4 is 15.0 Å². The van der Waals surface area contributed by atoms with Crippen molar-refractivity contribution in [3.8, 4) is 5.75 Å². The van der Waals surface area contributed by atoms with Crippen molar-refractivity contribution in [2.24, 2.45) is 0 Å². The van der Waals surface area contributed by atoms with Gasteiger partial charge >= 0.3 is 5.97 Å². The van der Waals surface area contributed by atoms with E-state index in [1.54, 1.807) is 43.3 Å². The maximum Gasteiger partial charge on any atom is 0.342 e.